The summed E-state index contributed by atoms with van der Waals surface area (Å²) in [6, 6.07) is 8.87. The van der Waals surface area contributed by atoms with Crippen molar-refractivity contribution < 1.29 is 14.0 Å². The summed E-state index contributed by atoms with van der Waals surface area (Å²) < 4.78 is 14.1. The second kappa shape index (κ2) is 4.46. The maximum atomic E-state index is 14.1. The van der Waals surface area contributed by atoms with Crippen LogP contribution in [0.15, 0.2) is 35.5 Å². The fourth-order valence-corrected chi connectivity index (χ4v) is 2.50. The molecular formula is C15H12FNO2. The Morgan fingerprint density at radius 2 is 2.11 bits per heavy atom. The van der Waals surface area contributed by atoms with Crippen molar-refractivity contribution in [3.8, 4) is 0 Å². The third-order valence-electron chi connectivity index (χ3n) is 3.29. The average molecular weight is 258 g/mol. The van der Waals surface area contributed by atoms with Gasteiger partial charge in [-0.1, -0.05) is 29.4 Å². The van der Waals surface area contributed by atoms with Crippen LogP contribution in [0.3, 0.4) is 0 Å². The van der Waals surface area contributed by atoms with E-state index in [-0.39, 0.29) is 5.82 Å². The summed E-state index contributed by atoms with van der Waals surface area (Å²) >= 11 is 0. The summed E-state index contributed by atoms with van der Waals surface area (Å²) in [5.41, 5.74) is 2.46. The third-order valence-corrected chi connectivity index (χ3v) is 3.29. The van der Waals surface area contributed by atoms with Crippen LogP contribution in [0.25, 0.3) is 10.8 Å². The Hall–Kier alpha value is -2.23. The first-order valence-corrected chi connectivity index (χ1v) is 6.12. The molecular weight excluding hydrogens is 246 g/mol. The van der Waals surface area contributed by atoms with Crippen molar-refractivity contribution in [3.63, 3.8) is 0 Å². The van der Waals surface area contributed by atoms with Crippen LogP contribution in [0.4, 0.5) is 4.39 Å². The lowest BCUT2D eigenvalue weighted by molar-refractivity contribution is -0.140. The summed E-state index contributed by atoms with van der Waals surface area (Å²) in [5, 5.41) is 5.24. The zero-order chi connectivity index (χ0) is 13.4. The van der Waals surface area contributed by atoms with Crippen molar-refractivity contribution in [2.24, 2.45) is 5.16 Å². The molecule has 0 N–H and O–H groups in total. The molecule has 3 rings (SSSR count). The van der Waals surface area contributed by atoms with E-state index in [1.54, 1.807) is 6.07 Å². The van der Waals surface area contributed by atoms with Gasteiger partial charge in [-0.15, -0.1) is 0 Å². The van der Waals surface area contributed by atoms with Crippen molar-refractivity contribution in [2.45, 2.75) is 19.8 Å². The summed E-state index contributed by atoms with van der Waals surface area (Å²) in [6.45, 7) is 1.30. The van der Waals surface area contributed by atoms with Gasteiger partial charge in [0.25, 0.3) is 0 Å². The minimum absolute atomic E-state index is 0.272. The summed E-state index contributed by atoms with van der Waals surface area (Å²) in [5.74, 6) is -0.742. The number of oxime groups is 1. The molecule has 0 radical (unpaired) electrons. The van der Waals surface area contributed by atoms with E-state index in [4.69, 9.17) is 4.84 Å². The minimum Gasteiger partial charge on any atom is -0.318 e. The van der Waals surface area contributed by atoms with Gasteiger partial charge in [0.2, 0.25) is 0 Å². The van der Waals surface area contributed by atoms with E-state index < -0.39 is 5.97 Å². The lowest BCUT2D eigenvalue weighted by Gasteiger charge is -2.07. The lowest BCUT2D eigenvalue weighted by Crippen LogP contribution is -2.01. The monoisotopic (exact) mass is 258 g/mol. The molecule has 19 heavy (non-hydrogen) atoms. The first-order valence-electron chi connectivity index (χ1n) is 6.12. The number of benzene rings is 2. The topological polar surface area (TPSA) is 38.7 Å². The minimum atomic E-state index is -0.471. The smallest absolute Gasteiger partial charge is 0.318 e. The van der Waals surface area contributed by atoms with Gasteiger partial charge in [-0.25, -0.2) is 9.18 Å². The van der Waals surface area contributed by atoms with Crippen LogP contribution in [-0.2, 0) is 16.1 Å². The first-order chi connectivity index (χ1) is 9.16. The van der Waals surface area contributed by atoms with Crippen LogP contribution in [-0.4, -0.2) is 11.7 Å². The van der Waals surface area contributed by atoms with Crippen LogP contribution >= 0.6 is 0 Å². The Morgan fingerprint density at radius 1 is 1.26 bits per heavy atom. The van der Waals surface area contributed by atoms with Crippen LogP contribution in [0.2, 0.25) is 0 Å². The molecule has 1 aliphatic carbocycles. The number of nitrogens with zero attached hydrogens (tertiary/aromatic N) is 1. The number of carbonyl (C=O) groups is 1. The largest absolute Gasteiger partial charge is 0.331 e. The highest BCUT2D eigenvalue weighted by Gasteiger charge is 2.23. The van der Waals surface area contributed by atoms with Crippen molar-refractivity contribution in [1.29, 1.82) is 0 Å². The molecule has 0 atom stereocenters. The quantitative estimate of drug-likeness (QED) is 0.447. The summed E-state index contributed by atoms with van der Waals surface area (Å²) in [4.78, 5) is 15.5. The molecule has 0 heterocycles. The Morgan fingerprint density at radius 3 is 2.89 bits per heavy atom. The van der Waals surface area contributed by atoms with Gasteiger partial charge >= 0.3 is 5.97 Å². The molecule has 0 fully saturated rings. The molecule has 2 aromatic rings. The number of carbonyl (C=O) groups excluding carboxylic acids is 1. The lowest BCUT2D eigenvalue weighted by atomic mass is 10.00. The Labute approximate surface area is 109 Å². The molecule has 0 amide bonds. The molecule has 4 heteroatoms. The summed E-state index contributed by atoms with van der Waals surface area (Å²) in [6.07, 6.45) is 1.45. The van der Waals surface area contributed by atoms with E-state index in [1.807, 2.05) is 18.2 Å². The second-order valence-electron chi connectivity index (χ2n) is 4.56. The average Bonchev–Trinajstić information content (AvgIpc) is 2.79. The number of hydrogen-bond acceptors (Lipinski definition) is 3. The molecule has 0 saturated carbocycles. The maximum absolute atomic E-state index is 14.1. The first kappa shape index (κ1) is 11.8. The van der Waals surface area contributed by atoms with Gasteiger partial charge in [0, 0.05) is 17.9 Å². The Balaban J connectivity index is 2.23. The number of halogens is 1. The highest BCUT2D eigenvalue weighted by Crippen LogP contribution is 2.32. The van der Waals surface area contributed by atoms with Crippen LogP contribution < -0.4 is 0 Å². The van der Waals surface area contributed by atoms with Gasteiger partial charge in [0.05, 0.1) is 5.71 Å². The molecule has 96 valence electrons. The molecule has 3 nitrogen and oxygen atoms in total. The van der Waals surface area contributed by atoms with E-state index in [9.17, 15) is 9.18 Å². The predicted octanol–water partition coefficient (Wildman–Crippen LogP) is 3.19. The Kier molecular flexibility index (Phi) is 2.78. The summed E-state index contributed by atoms with van der Waals surface area (Å²) in [7, 11) is 0. The maximum Gasteiger partial charge on any atom is 0.331 e. The molecule has 0 saturated heterocycles. The highest BCUT2D eigenvalue weighted by atomic mass is 19.1. The standard InChI is InChI=1S/C15H12FNO2/c1-9(18)19-17-13-8-7-11-6-5-10-3-2-4-12(16)14(10)15(11)13/h2-6H,7-8H2,1H3/b17-13-/i17+1. The predicted molar refractivity (Wildman–Crippen MR) is 70.5 cm³/mol. The van der Waals surface area contributed by atoms with Gasteiger partial charge in [0.1, 0.15) is 5.82 Å². The fraction of sp³-hybridized carbons (Fsp3) is 0.200. The highest BCUT2D eigenvalue weighted by molar-refractivity contribution is 6.14. The number of hydrogen-bond donors (Lipinski definition) is 0. The second-order valence-corrected chi connectivity index (χ2v) is 4.56. The number of rotatable bonds is 1. The zero-order valence-corrected chi connectivity index (χ0v) is 10.4. The van der Waals surface area contributed by atoms with Crippen molar-refractivity contribution in [3.05, 3.63) is 47.3 Å². The van der Waals surface area contributed by atoms with E-state index >= 15 is 0 Å². The van der Waals surface area contributed by atoms with Crippen LogP contribution in [0.1, 0.15) is 24.5 Å². The number of fused-ring (bicyclic) bond motifs is 3. The molecule has 0 spiro atoms. The van der Waals surface area contributed by atoms with Gasteiger partial charge in [0.15, 0.2) is 0 Å². The van der Waals surface area contributed by atoms with E-state index in [1.165, 1.54) is 13.0 Å². The van der Waals surface area contributed by atoms with E-state index in [0.717, 1.165) is 22.9 Å². The van der Waals surface area contributed by atoms with Crippen molar-refractivity contribution in [1.82, 2.24) is 0 Å². The van der Waals surface area contributed by atoms with Gasteiger partial charge in [-0.3, -0.25) is 0 Å². The molecule has 0 unspecified atom stereocenters. The zero-order valence-electron chi connectivity index (χ0n) is 10.4. The molecule has 0 aromatic heterocycles. The normalized spacial score (nSPS) is 15.8. The van der Waals surface area contributed by atoms with Crippen LogP contribution in [0.5, 0.6) is 0 Å². The molecule has 0 aliphatic heterocycles. The van der Waals surface area contributed by atoms with Gasteiger partial charge < -0.3 is 4.84 Å². The van der Waals surface area contributed by atoms with Gasteiger partial charge in [-0.05, 0) is 29.9 Å². The van der Waals surface area contributed by atoms with Crippen molar-refractivity contribution in [2.75, 3.05) is 0 Å². The third kappa shape index (κ3) is 1.99. The van der Waals surface area contributed by atoms with Crippen LogP contribution in [0, 0.1) is 5.82 Å². The van der Waals surface area contributed by atoms with E-state index in [0.29, 0.717) is 17.5 Å². The molecule has 2 aromatic carbocycles. The number of aryl methyl sites for hydroxylation is 1. The fourth-order valence-electron chi connectivity index (χ4n) is 2.50. The van der Waals surface area contributed by atoms with E-state index in [2.05, 4.69) is 5.16 Å². The van der Waals surface area contributed by atoms with Crippen molar-refractivity contribution >= 4 is 22.5 Å². The molecule has 0 bridgehead atoms. The SMILES string of the molecule is CC(=O)O/[15N]=C1/CCc2ccc3cccc(F)c3c21. The molecule has 1 aliphatic rings. The Bertz CT molecular complexity index is 707. The van der Waals surface area contributed by atoms with Gasteiger partial charge in [-0.2, -0.15) is 0 Å².